The van der Waals surface area contributed by atoms with E-state index in [1.54, 1.807) is 0 Å². The number of hydrogen-bond donors (Lipinski definition) is 0. The largest absolute Gasteiger partial charge is 0.321 e. The van der Waals surface area contributed by atoms with Crippen molar-refractivity contribution in [1.82, 2.24) is 4.67 Å². The van der Waals surface area contributed by atoms with Gasteiger partial charge in [-0.05, 0) is 19.7 Å². The Morgan fingerprint density at radius 2 is 1.88 bits per heavy atom. The third-order valence-corrected chi connectivity index (χ3v) is 4.28. The molecule has 2 atom stereocenters. The van der Waals surface area contributed by atoms with Gasteiger partial charge < -0.3 is 9.05 Å². The normalized spacial score (nSPS) is 28.3. The quantitative estimate of drug-likeness (QED) is 0.752. The SMILES string of the molecule is CN(C)P1OCC(C)(C)[C@H](c2ccccc2)O1. The fourth-order valence-corrected chi connectivity index (χ4v) is 3.42. The smallest absolute Gasteiger partial charge is 0.258 e. The van der Waals surface area contributed by atoms with Gasteiger partial charge in [0.25, 0.3) is 8.53 Å². The molecule has 1 heterocycles. The van der Waals surface area contributed by atoms with Crippen LogP contribution in [-0.4, -0.2) is 25.4 Å². The summed E-state index contributed by atoms with van der Waals surface area (Å²) in [5.41, 5.74) is 1.24. The molecule has 1 aliphatic rings. The lowest BCUT2D eigenvalue weighted by atomic mass is 9.83. The average molecular weight is 253 g/mol. The summed E-state index contributed by atoms with van der Waals surface area (Å²) in [6.07, 6.45) is 0.103. The van der Waals surface area contributed by atoms with Gasteiger partial charge in [-0.3, -0.25) is 0 Å². The van der Waals surface area contributed by atoms with Crippen LogP contribution in [-0.2, 0) is 9.05 Å². The molecule has 0 N–H and O–H groups in total. The first-order valence-electron chi connectivity index (χ1n) is 5.83. The Hall–Kier alpha value is -0.470. The first-order chi connectivity index (χ1) is 8.00. The minimum Gasteiger partial charge on any atom is -0.321 e. The van der Waals surface area contributed by atoms with Crippen molar-refractivity contribution < 1.29 is 9.05 Å². The summed E-state index contributed by atoms with van der Waals surface area (Å²) in [6.45, 7) is 5.11. The lowest BCUT2D eigenvalue weighted by molar-refractivity contribution is -0.0204. The van der Waals surface area contributed by atoms with E-state index >= 15 is 0 Å². The lowest BCUT2D eigenvalue weighted by Gasteiger charge is -2.42. The molecule has 94 valence electrons. The van der Waals surface area contributed by atoms with E-state index in [-0.39, 0.29) is 11.5 Å². The minimum atomic E-state index is -0.919. The van der Waals surface area contributed by atoms with Crippen molar-refractivity contribution in [3.63, 3.8) is 0 Å². The highest BCUT2D eigenvalue weighted by Crippen LogP contribution is 2.55. The molecule has 1 aliphatic heterocycles. The van der Waals surface area contributed by atoms with Crippen LogP contribution in [0.5, 0.6) is 0 Å². The lowest BCUT2D eigenvalue weighted by Crippen LogP contribution is -2.34. The predicted octanol–water partition coefficient (Wildman–Crippen LogP) is 3.59. The maximum Gasteiger partial charge on any atom is 0.258 e. The van der Waals surface area contributed by atoms with Gasteiger partial charge in [-0.25, -0.2) is 4.67 Å². The third kappa shape index (κ3) is 2.86. The van der Waals surface area contributed by atoms with Crippen LogP contribution in [0.3, 0.4) is 0 Å². The summed E-state index contributed by atoms with van der Waals surface area (Å²) in [7, 11) is 3.07. The fraction of sp³-hybridized carbons (Fsp3) is 0.538. The van der Waals surface area contributed by atoms with E-state index in [0.717, 1.165) is 6.61 Å². The van der Waals surface area contributed by atoms with Crippen molar-refractivity contribution in [3.05, 3.63) is 35.9 Å². The molecule has 0 radical (unpaired) electrons. The molecule has 0 aliphatic carbocycles. The van der Waals surface area contributed by atoms with Crippen LogP contribution in [0.1, 0.15) is 25.5 Å². The molecule has 17 heavy (non-hydrogen) atoms. The maximum atomic E-state index is 6.12. The number of hydrogen-bond acceptors (Lipinski definition) is 3. The number of benzene rings is 1. The van der Waals surface area contributed by atoms with Gasteiger partial charge in [0.2, 0.25) is 0 Å². The second kappa shape index (κ2) is 5.03. The van der Waals surface area contributed by atoms with Crippen molar-refractivity contribution in [2.75, 3.05) is 20.7 Å². The molecular formula is C13H20NO2P. The highest BCUT2D eigenvalue weighted by Gasteiger charge is 2.40. The van der Waals surface area contributed by atoms with Gasteiger partial charge in [0.05, 0.1) is 12.7 Å². The zero-order valence-electron chi connectivity index (χ0n) is 10.9. The van der Waals surface area contributed by atoms with Crippen molar-refractivity contribution in [2.45, 2.75) is 20.0 Å². The van der Waals surface area contributed by atoms with Crippen LogP contribution in [0, 0.1) is 5.41 Å². The minimum absolute atomic E-state index is 0.0101. The molecule has 0 saturated carbocycles. The van der Waals surface area contributed by atoms with Gasteiger partial charge in [-0.1, -0.05) is 44.2 Å². The van der Waals surface area contributed by atoms with E-state index in [4.69, 9.17) is 9.05 Å². The van der Waals surface area contributed by atoms with Crippen LogP contribution in [0.25, 0.3) is 0 Å². The molecule has 1 unspecified atom stereocenters. The molecule has 0 bridgehead atoms. The molecule has 1 saturated heterocycles. The van der Waals surface area contributed by atoms with Crippen LogP contribution in [0.4, 0.5) is 0 Å². The average Bonchev–Trinajstić information content (AvgIpc) is 2.29. The van der Waals surface area contributed by atoms with Gasteiger partial charge in [0.1, 0.15) is 0 Å². The first kappa shape index (κ1) is 13.0. The molecule has 1 aromatic rings. The first-order valence-corrected chi connectivity index (χ1v) is 6.96. The van der Waals surface area contributed by atoms with E-state index < -0.39 is 8.53 Å². The van der Waals surface area contributed by atoms with E-state index in [1.165, 1.54) is 5.56 Å². The van der Waals surface area contributed by atoms with Gasteiger partial charge in [0, 0.05) is 5.41 Å². The molecule has 0 amide bonds. The molecule has 2 rings (SSSR count). The Labute approximate surface area is 105 Å². The molecule has 0 spiro atoms. The summed E-state index contributed by atoms with van der Waals surface area (Å²) >= 11 is 0. The van der Waals surface area contributed by atoms with E-state index in [9.17, 15) is 0 Å². The van der Waals surface area contributed by atoms with Gasteiger partial charge in [0.15, 0.2) is 0 Å². The van der Waals surface area contributed by atoms with Gasteiger partial charge in [-0.2, -0.15) is 0 Å². The van der Waals surface area contributed by atoms with Crippen LogP contribution < -0.4 is 0 Å². The van der Waals surface area contributed by atoms with E-state index in [0.29, 0.717) is 0 Å². The van der Waals surface area contributed by atoms with Crippen molar-refractivity contribution >= 4 is 8.53 Å². The van der Waals surface area contributed by atoms with Crippen molar-refractivity contribution in [3.8, 4) is 0 Å². The topological polar surface area (TPSA) is 21.7 Å². The standard InChI is InChI=1S/C13H20NO2P/c1-13(2)10-15-17(14(3)4)16-12(13)11-8-6-5-7-9-11/h5-9,12H,10H2,1-4H3/t12-,17?/m0/s1. The summed E-state index contributed by atoms with van der Waals surface area (Å²) < 4.78 is 13.9. The summed E-state index contributed by atoms with van der Waals surface area (Å²) in [5.74, 6) is 0. The zero-order chi connectivity index (χ0) is 12.5. The monoisotopic (exact) mass is 253 g/mol. The zero-order valence-corrected chi connectivity index (χ0v) is 11.8. The summed E-state index contributed by atoms with van der Waals surface area (Å²) in [5, 5.41) is 0. The Bertz CT molecular complexity index is 367. The molecule has 1 fully saturated rings. The summed E-state index contributed by atoms with van der Waals surface area (Å²) in [6, 6.07) is 10.4. The van der Waals surface area contributed by atoms with Gasteiger partial charge >= 0.3 is 0 Å². The molecular weight excluding hydrogens is 233 g/mol. The summed E-state index contributed by atoms with van der Waals surface area (Å²) in [4.78, 5) is 0. The second-order valence-electron chi connectivity index (χ2n) is 5.24. The van der Waals surface area contributed by atoms with E-state index in [2.05, 4.69) is 38.1 Å². The second-order valence-corrected chi connectivity index (χ2v) is 6.99. The highest BCUT2D eigenvalue weighted by molar-refractivity contribution is 7.44. The highest BCUT2D eigenvalue weighted by atomic mass is 31.2. The third-order valence-electron chi connectivity index (χ3n) is 2.88. The maximum absolute atomic E-state index is 6.12. The molecule has 3 nitrogen and oxygen atoms in total. The Morgan fingerprint density at radius 1 is 1.24 bits per heavy atom. The van der Waals surface area contributed by atoms with E-state index in [1.807, 2.05) is 24.8 Å². The Morgan fingerprint density at radius 3 is 2.47 bits per heavy atom. The molecule has 4 heteroatoms. The molecule has 0 aromatic heterocycles. The predicted molar refractivity (Wildman–Crippen MR) is 70.6 cm³/mol. The number of rotatable bonds is 2. The van der Waals surface area contributed by atoms with Crippen LogP contribution in [0.2, 0.25) is 0 Å². The van der Waals surface area contributed by atoms with Gasteiger partial charge in [-0.15, -0.1) is 0 Å². The Kier molecular flexibility index (Phi) is 3.84. The fourth-order valence-electron chi connectivity index (χ4n) is 1.91. The number of nitrogens with zero attached hydrogens (tertiary/aromatic N) is 1. The molecule has 1 aromatic carbocycles. The van der Waals surface area contributed by atoms with Crippen LogP contribution in [0.15, 0.2) is 30.3 Å². The Balaban J connectivity index is 2.22. The van der Waals surface area contributed by atoms with Crippen molar-refractivity contribution in [2.24, 2.45) is 5.41 Å². The van der Waals surface area contributed by atoms with Crippen molar-refractivity contribution in [1.29, 1.82) is 0 Å². The van der Waals surface area contributed by atoms with Crippen LogP contribution >= 0.6 is 8.53 Å².